The van der Waals surface area contributed by atoms with Gasteiger partial charge >= 0.3 is 11.9 Å². The lowest BCUT2D eigenvalue weighted by Crippen LogP contribution is -2.53. The highest BCUT2D eigenvalue weighted by Crippen LogP contribution is 2.58. The number of carbonyl (C=O) groups excluding carboxylic acids is 4. The smallest absolute Gasteiger partial charge is 0.312 e. The van der Waals surface area contributed by atoms with Gasteiger partial charge in [-0.15, -0.1) is 0 Å². The lowest BCUT2D eigenvalue weighted by atomic mass is 9.51. The first-order valence-corrected chi connectivity index (χ1v) is 16.9. The predicted octanol–water partition coefficient (Wildman–Crippen LogP) is 7.03. The number of ether oxygens (including phenoxy) is 2. The minimum Gasteiger partial charge on any atom is -0.508 e. The number of benzene rings is 1. The van der Waals surface area contributed by atoms with E-state index in [1.54, 1.807) is 12.1 Å². The van der Waals surface area contributed by atoms with E-state index in [0.29, 0.717) is 18.5 Å². The fraction of sp³-hybridized carbons (Fsp3) is 0.737. The minimum absolute atomic E-state index is 0.0264. The highest BCUT2D eigenvalue weighted by Gasteiger charge is 2.61. The SMILES string of the molecule is COC(=O)C(C)(CC(C)(C)C)C(C)C(C)(C)CC(C)(C(=O)OCCO)C(C)C(C)(C)C1C(=O)N(c2ccc(O)cc2)C(=O)C1C(C)C. The van der Waals surface area contributed by atoms with Crippen LogP contribution < -0.4 is 4.90 Å². The van der Waals surface area contributed by atoms with Crippen molar-refractivity contribution in [1.29, 1.82) is 0 Å². The Labute approximate surface area is 282 Å². The second-order valence-corrected chi connectivity index (χ2v) is 17.1. The predicted molar refractivity (Wildman–Crippen MR) is 183 cm³/mol. The van der Waals surface area contributed by atoms with Gasteiger partial charge in [-0.2, -0.15) is 0 Å². The van der Waals surface area contributed by atoms with E-state index >= 15 is 0 Å². The fourth-order valence-corrected chi connectivity index (χ4v) is 8.49. The number of carbonyl (C=O) groups is 4. The third-order valence-electron chi connectivity index (χ3n) is 11.3. The average molecular weight is 660 g/mol. The number of anilines is 1. The number of nitrogens with zero attached hydrogens (tertiary/aromatic N) is 1. The number of phenols is 1. The van der Waals surface area contributed by atoms with Gasteiger partial charge in [0.2, 0.25) is 11.8 Å². The number of aliphatic hydroxyl groups is 1. The molecular weight excluding hydrogens is 598 g/mol. The topological polar surface area (TPSA) is 130 Å². The van der Waals surface area contributed by atoms with E-state index in [4.69, 9.17) is 9.47 Å². The van der Waals surface area contributed by atoms with Crippen molar-refractivity contribution in [3.05, 3.63) is 24.3 Å². The van der Waals surface area contributed by atoms with Crippen LogP contribution >= 0.6 is 0 Å². The number of imide groups is 1. The van der Waals surface area contributed by atoms with Gasteiger partial charge in [-0.1, -0.05) is 76.2 Å². The van der Waals surface area contributed by atoms with E-state index in [9.17, 15) is 29.4 Å². The maximum absolute atomic E-state index is 14.3. The fourth-order valence-electron chi connectivity index (χ4n) is 8.49. The molecule has 2 rings (SSSR count). The highest BCUT2D eigenvalue weighted by atomic mass is 16.5. The van der Waals surface area contributed by atoms with Gasteiger partial charge in [0, 0.05) is 0 Å². The quantitative estimate of drug-likeness (QED) is 0.161. The second kappa shape index (κ2) is 14.3. The molecule has 0 bridgehead atoms. The summed E-state index contributed by atoms with van der Waals surface area (Å²) in [6.07, 6.45) is 0.863. The molecule has 1 aromatic rings. The number of aromatic hydroxyl groups is 1. The number of esters is 2. The molecular formula is C38H61NO8. The molecule has 2 N–H and O–H groups in total. The zero-order chi connectivity index (χ0) is 36.5. The van der Waals surface area contributed by atoms with Crippen molar-refractivity contribution >= 4 is 29.4 Å². The Balaban J connectivity index is 2.70. The summed E-state index contributed by atoms with van der Waals surface area (Å²) in [5.41, 5.74) is -3.36. The molecule has 1 fully saturated rings. The standard InChI is InChI=1S/C38H61NO8/c1-23(2)28-29(31(43)39(30(28)42)26-15-17-27(41)18-16-26)36(10,11)25(4)38(13,33(45)47-20-19-40)22-35(8,9)24(3)37(12,32(44)46-14)21-34(5,6)7/h15-18,23-25,28-29,40-41H,19-22H2,1-14H3. The Bertz CT molecular complexity index is 1290. The first-order valence-electron chi connectivity index (χ1n) is 16.9. The van der Waals surface area contributed by atoms with Crippen LogP contribution in [0.5, 0.6) is 5.75 Å². The second-order valence-electron chi connectivity index (χ2n) is 17.1. The summed E-state index contributed by atoms with van der Waals surface area (Å²) in [4.78, 5) is 57.1. The molecule has 1 aliphatic heterocycles. The Morgan fingerprint density at radius 1 is 0.809 bits per heavy atom. The van der Waals surface area contributed by atoms with Gasteiger partial charge in [0.25, 0.3) is 0 Å². The van der Waals surface area contributed by atoms with Crippen molar-refractivity contribution in [3.8, 4) is 5.75 Å². The molecule has 9 heteroatoms. The zero-order valence-electron chi connectivity index (χ0n) is 31.3. The summed E-state index contributed by atoms with van der Waals surface area (Å²) in [5.74, 6) is -3.77. The molecule has 0 aliphatic carbocycles. The van der Waals surface area contributed by atoms with Gasteiger partial charge in [0.05, 0.1) is 42.1 Å². The Morgan fingerprint density at radius 3 is 1.77 bits per heavy atom. The first-order chi connectivity index (χ1) is 21.3. The molecule has 47 heavy (non-hydrogen) atoms. The van der Waals surface area contributed by atoms with E-state index in [1.165, 1.54) is 24.1 Å². The number of amides is 2. The van der Waals surface area contributed by atoms with Crippen molar-refractivity contribution in [2.45, 2.75) is 103 Å². The van der Waals surface area contributed by atoms with E-state index in [0.717, 1.165) is 0 Å². The molecule has 2 amide bonds. The molecule has 0 spiro atoms. The van der Waals surface area contributed by atoms with Gasteiger partial charge in [0.15, 0.2) is 0 Å². The van der Waals surface area contributed by atoms with Crippen molar-refractivity contribution in [2.24, 2.45) is 56.7 Å². The highest BCUT2D eigenvalue weighted by molar-refractivity contribution is 6.22. The van der Waals surface area contributed by atoms with Crippen LogP contribution in [0.3, 0.4) is 0 Å². The summed E-state index contributed by atoms with van der Waals surface area (Å²) in [7, 11) is 1.40. The third-order valence-corrected chi connectivity index (χ3v) is 11.3. The molecule has 6 atom stereocenters. The van der Waals surface area contributed by atoms with Crippen LogP contribution in [0.15, 0.2) is 24.3 Å². The molecule has 9 nitrogen and oxygen atoms in total. The average Bonchev–Trinajstić information content (AvgIpc) is 3.24. The van der Waals surface area contributed by atoms with Crippen LogP contribution in [-0.4, -0.2) is 54.3 Å². The molecule has 0 saturated carbocycles. The van der Waals surface area contributed by atoms with Crippen molar-refractivity contribution in [3.63, 3.8) is 0 Å². The molecule has 1 aromatic carbocycles. The van der Waals surface area contributed by atoms with Crippen molar-refractivity contribution < 1.29 is 38.9 Å². The van der Waals surface area contributed by atoms with E-state index in [1.807, 2.05) is 69.2 Å². The zero-order valence-corrected chi connectivity index (χ0v) is 31.3. The summed E-state index contributed by atoms with van der Waals surface area (Å²) in [6.45, 7) is 25.3. The minimum atomic E-state index is -1.19. The number of methoxy groups -OCH3 is 1. The lowest BCUT2D eigenvalue weighted by Gasteiger charge is -2.52. The number of rotatable bonds is 14. The molecule has 1 aliphatic rings. The van der Waals surface area contributed by atoms with Gasteiger partial charge in [-0.05, 0) is 85.0 Å². The number of phenolic OH excluding ortho intramolecular Hbond substituents is 1. The monoisotopic (exact) mass is 659 g/mol. The van der Waals surface area contributed by atoms with E-state index in [2.05, 4.69) is 20.8 Å². The summed E-state index contributed by atoms with van der Waals surface area (Å²) in [5, 5.41) is 19.4. The van der Waals surface area contributed by atoms with Crippen LogP contribution in [-0.2, 0) is 28.7 Å². The Hall–Kier alpha value is -2.94. The maximum Gasteiger partial charge on any atom is 0.312 e. The van der Waals surface area contributed by atoms with Gasteiger partial charge in [-0.3, -0.25) is 24.1 Å². The van der Waals surface area contributed by atoms with Crippen molar-refractivity contribution in [2.75, 3.05) is 25.2 Å². The van der Waals surface area contributed by atoms with Gasteiger partial charge < -0.3 is 19.7 Å². The number of hydrogen-bond donors (Lipinski definition) is 2. The molecule has 6 unspecified atom stereocenters. The van der Waals surface area contributed by atoms with Crippen LogP contribution in [0.2, 0.25) is 0 Å². The number of hydrogen-bond acceptors (Lipinski definition) is 8. The molecule has 0 radical (unpaired) electrons. The summed E-state index contributed by atoms with van der Waals surface area (Å²) >= 11 is 0. The van der Waals surface area contributed by atoms with Gasteiger partial charge in [-0.25, -0.2) is 0 Å². The summed E-state index contributed by atoms with van der Waals surface area (Å²) in [6, 6.07) is 6.00. The summed E-state index contributed by atoms with van der Waals surface area (Å²) < 4.78 is 11.0. The number of aliphatic hydroxyl groups excluding tert-OH is 1. The Morgan fingerprint density at radius 2 is 1.32 bits per heavy atom. The molecule has 0 aromatic heterocycles. The lowest BCUT2D eigenvalue weighted by molar-refractivity contribution is -0.172. The molecule has 266 valence electrons. The van der Waals surface area contributed by atoms with Gasteiger partial charge in [0.1, 0.15) is 12.4 Å². The largest absolute Gasteiger partial charge is 0.508 e. The van der Waals surface area contributed by atoms with E-state index in [-0.39, 0.29) is 54.0 Å². The van der Waals surface area contributed by atoms with Crippen LogP contribution in [0.25, 0.3) is 0 Å². The van der Waals surface area contributed by atoms with Crippen molar-refractivity contribution in [1.82, 2.24) is 0 Å². The first kappa shape index (κ1) is 40.2. The maximum atomic E-state index is 14.3. The van der Waals surface area contributed by atoms with Crippen LogP contribution in [0, 0.1) is 56.7 Å². The van der Waals surface area contributed by atoms with Crippen LogP contribution in [0.1, 0.15) is 103 Å². The van der Waals surface area contributed by atoms with Crippen LogP contribution in [0.4, 0.5) is 5.69 Å². The normalized spacial score (nSPS) is 21.7. The molecule has 1 heterocycles. The third kappa shape index (κ3) is 8.03. The van der Waals surface area contributed by atoms with E-state index < -0.39 is 45.4 Å². The Kier molecular flexibility index (Phi) is 12.2. The molecule has 1 saturated heterocycles.